The fourth-order valence-electron chi connectivity index (χ4n) is 1.87. The first-order chi connectivity index (χ1) is 10.6. The van der Waals surface area contributed by atoms with Gasteiger partial charge in [0.1, 0.15) is 11.6 Å². The molecule has 0 aliphatic carbocycles. The van der Waals surface area contributed by atoms with Gasteiger partial charge >= 0.3 is 0 Å². The first kappa shape index (κ1) is 16.4. The summed E-state index contributed by atoms with van der Waals surface area (Å²) in [7, 11) is 0. The average molecular weight is 318 g/mol. The molecule has 1 atom stereocenters. The van der Waals surface area contributed by atoms with Gasteiger partial charge < -0.3 is 10.5 Å². The molecule has 0 saturated heterocycles. The zero-order valence-electron chi connectivity index (χ0n) is 12.4. The van der Waals surface area contributed by atoms with Crippen molar-refractivity contribution < 1.29 is 9.13 Å². The highest BCUT2D eigenvalue weighted by atomic mass is 32.2. The largest absolute Gasteiger partial charge is 0.493 e. The van der Waals surface area contributed by atoms with E-state index in [4.69, 9.17) is 10.5 Å². The van der Waals surface area contributed by atoms with E-state index in [0.29, 0.717) is 23.3 Å². The molecule has 0 unspecified atom stereocenters. The second-order valence-corrected chi connectivity index (χ2v) is 5.82. The van der Waals surface area contributed by atoms with Gasteiger partial charge in [-0.15, -0.1) is 0 Å². The molecule has 0 spiro atoms. The second-order valence-electron chi connectivity index (χ2n) is 4.70. The van der Waals surface area contributed by atoms with Crippen LogP contribution in [0.2, 0.25) is 0 Å². The van der Waals surface area contributed by atoms with Crippen LogP contribution < -0.4 is 10.5 Å². The van der Waals surface area contributed by atoms with Crippen LogP contribution in [-0.4, -0.2) is 17.5 Å². The highest BCUT2D eigenvalue weighted by Crippen LogP contribution is 2.17. The van der Waals surface area contributed by atoms with Crippen molar-refractivity contribution in [1.82, 2.24) is 0 Å². The number of benzene rings is 2. The Balaban J connectivity index is 1.74. The van der Waals surface area contributed by atoms with Crippen LogP contribution in [0.3, 0.4) is 0 Å². The first-order valence-corrected chi connectivity index (χ1v) is 8.03. The third-order valence-corrected chi connectivity index (χ3v) is 3.79. The quantitative estimate of drug-likeness (QED) is 0.497. The number of nitrogens with two attached hydrogens (primary N) is 1. The summed E-state index contributed by atoms with van der Waals surface area (Å²) in [6.45, 7) is 2.50. The van der Waals surface area contributed by atoms with Crippen LogP contribution in [0.25, 0.3) is 0 Å². The lowest BCUT2D eigenvalue weighted by atomic mass is 10.1. The van der Waals surface area contributed by atoms with E-state index in [9.17, 15) is 4.39 Å². The lowest BCUT2D eigenvalue weighted by Gasteiger charge is -2.09. The molecule has 2 rings (SSSR count). The molecule has 22 heavy (non-hydrogen) atoms. The SMILES string of the molecule is C[C@@H](N=C(N)SCCOc1ccc(F)cc1)c1ccccc1. The minimum atomic E-state index is -0.270. The van der Waals surface area contributed by atoms with Gasteiger partial charge in [-0.05, 0) is 36.8 Å². The number of nitrogens with zero attached hydrogens (tertiary/aromatic N) is 1. The molecule has 5 heteroatoms. The minimum Gasteiger partial charge on any atom is -0.493 e. The van der Waals surface area contributed by atoms with Crippen molar-refractivity contribution >= 4 is 16.9 Å². The molecule has 0 radical (unpaired) electrons. The van der Waals surface area contributed by atoms with Gasteiger partial charge in [0.05, 0.1) is 12.6 Å². The predicted molar refractivity (Wildman–Crippen MR) is 90.8 cm³/mol. The molecular formula is C17H19FN2OS. The summed E-state index contributed by atoms with van der Waals surface area (Å²) in [5.41, 5.74) is 7.05. The molecule has 0 fully saturated rings. The molecule has 0 saturated carbocycles. The highest BCUT2D eigenvalue weighted by molar-refractivity contribution is 8.13. The number of hydrogen-bond acceptors (Lipinski definition) is 3. The second kappa shape index (κ2) is 8.44. The van der Waals surface area contributed by atoms with Crippen LogP contribution in [0.15, 0.2) is 59.6 Å². The zero-order chi connectivity index (χ0) is 15.8. The first-order valence-electron chi connectivity index (χ1n) is 7.04. The van der Waals surface area contributed by atoms with Crippen molar-refractivity contribution in [2.45, 2.75) is 13.0 Å². The molecule has 3 nitrogen and oxygen atoms in total. The summed E-state index contributed by atoms with van der Waals surface area (Å²) < 4.78 is 18.3. The topological polar surface area (TPSA) is 47.6 Å². The van der Waals surface area contributed by atoms with Crippen LogP contribution in [0.4, 0.5) is 4.39 Å². The lowest BCUT2D eigenvalue weighted by molar-refractivity contribution is 0.343. The monoisotopic (exact) mass is 318 g/mol. The summed E-state index contributed by atoms with van der Waals surface area (Å²) in [6.07, 6.45) is 0. The van der Waals surface area contributed by atoms with Gasteiger partial charge in [-0.25, -0.2) is 4.39 Å². The summed E-state index contributed by atoms with van der Waals surface area (Å²) in [6, 6.07) is 16.0. The number of aliphatic imine (C=N–C) groups is 1. The number of thioether (sulfide) groups is 1. The molecule has 2 aromatic carbocycles. The zero-order valence-corrected chi connectivity index (χ0v) is 13.2. The van der Waals surface area contributed by atoms with Gasteiger partial charge in [-0.3, -0.25) is 4.99 Å². The Bertz CT molecular complexity index is 602. The molecule has 2 aromatic rings. The standard InChI is InChI=1S/C17H19FN2OS/c1-13(14-5-3-2-4-6-14)20-17(19)22-12-11-21-16-9-7-15(18)8-10-16/h2-10,13H,11-12H2,1H3,(H2,19,20)/t13-/m1/s1. The van der Waals surface area contributed by atoms with Gasteiger partial charge in [0.15, 0.2) is 5.17 Å². The third kappa shape index (κ3) is 5.41. The Morgan fingerprint density at radius 2 is 1.86 bits per heavy atom. The maximum atomic E-state index is 12.8. The van der Waals surface area contributed by atoms with Crippen molar-refractivity contribution in [2.24, 2.45) is 10.7 Å². The van der Waals surface area contributed by atoms with Gasteiger partial charge in [0.25, 0.3) is 0 Å². The molecule has 0 bridgehead atoms. The highest BCUT2D eigenvalue weighted by Gasteiger charge is 2.04. The van der Waals surface area contributed by atoms with E-state index in [0.717, 1.165) is 5.56 Å². The Hall–Kier alpha value is -2.01. The normalized spacial score (nSPS) is 12.9. The third-order valence-electron chi connectivity index (χ3n) is 3.02. The Kier molecular flexibility index (Phi) is 6.27. The van der Waals surface area contributed by atoms with Crippen molar-refractivity contribution in [3.05, 3.63) is 66.0 Å². The maximum Gasteiger partial charge on any atom is 0.154 e. The van der Waals surface area contributed by atoms with Gasteiger partial charge in [-0.2, -0.15) is 0 Å². The van der Waals surface area contributed by atoms with E-state index in [1.807, 2.05) is 37.3 Å². The summed E-state index contributed by atoms with van der Waals surface area (Å²) in [5.74, 6) is 1.07. The fourth-order valence-corrected chi connectivity index (χ4v) is 2.48. The molecule has 0 heterocycles. The van der Waals surface area contributed by atoms with Crippen molar-refractivity contribution in [3.63, 3.8) is 0 Å². The van der Waals surface area contributed by atoms with Gasteiger partial charge in [0.2, 0.25) is 0 Å². The number of rotatable bonds is 6. The van der Waals surface area contributed by atoms with Crippen molar-refractivity contribution in [2.75, 3.05) is 12.4 Å². The molecular weight excluding hydrogens is 299 g/mol. The predicted octanol–water partition coefficient (Wildman–Crippen LogP) is 4.01. The molecule has 2 N–H and O–H groups in total. The molecule has 116 valence electrons. The smallest absolute Gasteiger partial charge is 0.154 e. The Morgan fingerprint density at radius 1 is 1.18 bits per heavy atom. The van der Waals surface area contributed by atoms with E-state index in [1.54, 1.807) is 12.1 Å². The van der Waals surface area contributed by atoms with Crippen LogP contribution in [0, 0.1) is 5.82 Å². The van der Waals surface area contributed by atoms with Crippen molar-refractivity contribution in [3.8, 4) is 5.75 Å². The number of amidine groups is 1. The Morgan fingerprint density at radius 3 is 2.55 bits per heavy atom. The van der Waals surface area contributed by atoms with E-state index < -0.39 is 0 Å². The van der Waals surface area contributed by atoms with Crippen LogP contribution in [-0.2, 0) is 0 Å². The lowest BCUT2D eigenvalue weighted by Crippen LogP contribution is -2.12. The summed E-state index contributed by atoms with van der Waals surface area (Å²) in [5, 5.41) is 0.541. The van der Waals surface area contributed by atoms with E-state index in [1.165, 1.54) is 23.9 Å². The van der Waals surface area contributed by atoms with Crippen molar-refractivity contribution in [1.29, 1.82) is 0 Å². The number of ether oxygens (including phenoxy) is 1. The van der Waals surface area contributed by atoms with Gasteiger partial charge in [-0.1, -0.05) is 42.1 Å². The number of hydrogen-bond donors (Lipinski definition) is 1. The molecule has 0 aliphatic heterocycles. The molecule has 0 amide bonds. The minimum absolute atomic E-state index is 0.0340. The number of halogens is 1. The molecule has 0 aromatic heterocycles. The Labute approximate surface area is 134 Å². The van der Waals surface area contributed by atoms with Crippen LogP contribution in [0.5, 0.6) is 5.75 Å². The van der Waals surface area contributed by atoms with E-state index in [-0.39, 0.29) is 11.9 Å². The van der Waals surface area contributed by atoms with E-state index >= 15 is 0 Å². The van der Waals surface area contributed by atoms with E-state index in [2.05, 4.69) is 4.99 Å². The molecule has 0 aliphatic rings. The summed E-state index contributed by atoms with van der Waals surface area (Å²) in [4.78, 5) is 4.46. The fraction of sp³-hybridized carbons (Fsp3) is 0.235. The summed E-state index contributed by atoms with van der Waals surface area (Å²) >= 11 is 1.45. The van der Waals surface area contributed by atoms with Gasteiger partial charge in [0, 0.05) is 5.75 Å². The average Bonchev–Trinajstić information content (AvgIpc) is 2.54. The maximum absolute atomic E-state index is 12.8. The van der Waals surface area contributed by atoms with Crippen LogP contribution in [0.1, 0.15) is 18.5 Å². The van der Waals surface area contributed by atoms with Crippen LogP contribution >= 0.6 is 11.8 Å².